The number of β-lactam (4-membered cyclic amide) rings is 1. The molecule has 1 aliphatic heterocycles. The Hall–Kier alpha value is -2.20. The third-order valence-electron chi connectivity index (χ3n) is 5.09. The van der Waals surface area contributed by atoms with Crippen molar-refractivity contribution in [1.82, 2.24) is 15.2 Å². The number of alkyl halides is 1. The van der Waals surface area contributed by atoms with Crippen LogP contribution in [0, 0.1) is 0 Å². The largest absolute Gasteiger partial charge is 0.508 e. The van der Waals surface area contributed by atoms with E-state index in [9.17, 15) is 9.90 Å². The molecule has 10 heteroatoms. The van der Waals surface area contributed by atoms with Crippen LogP contribution in [0.15, 0.2) is 52.9 Å². The highest BCUT2D eigenvalue weighted by atomic mass is 35.5. The molecule has 0 radical (unpaired) electrons. The minimum Gasteiger partial charge on any atom is -0.508 e. The van der Waals surface area contributed by atoms with Crippen molar-refractivity contribution in [1.29, 1.82) is 0 Å². The molecule has 2 unspecified atom stereocenters. The van der Waals surface area contributed by atoms with Gasteiger partial charge in [0.25, 0.3) is 5.91 Å². The minimum absolute atomic E-state index is 0.163. The van der Waals surface area contributed by atoms with Gasteiger partial charge in [-0.3, -0.25) is 9.69 Å². The molecule has 5 rings (SSSR count). The Bertz CT molecular complexity index is 1210. The molecule has 0 spiro atoms. The van der Waals surface area contributed by atoms with Gasteiger partial charge in [-0.15, -0.1) is 33.1 Å². The topological polar surface area (TPSA) is 79.2 Å². The van der Waals surface area contributed by atoms with E-state index in [2.05, 4.69) is 21.2 Å². The van der Waals surface area contributed by atoms with Crippen molar-refractivity contribution in [3.63, 3.8) is 0 Å². The summed E-state index contributed by atoms with van der Waals surface area (Å²) in [5.41, 5.74) is 1.08. The number of anilines is 1. The number of hydrogen-bond donors (Lipinski definition) is 1. The number of fused-ring (bicyclic) bond motifs is 1. The highest BCUT2D eigenvalue weighted by Crippen LogP contribution is 2.48. The van der Waals surface area contributed by atoms with Gasteiger partial charge >= 0.3 is 0 Å². The lowest BCUT2D eigenvalue weighted by atomic mass is 9.79. The van der Waals surface area contributed by atoms with Gasteiger partial charge < -0.3 is 5.11 Å². The van der Waals surface area contributed by atoms with Crippen LogP contribution in [0.1, 0.15) is 17.5 Å². The lowest BCUT2D eigenvalue weighted by Crippen LogP contribution is -2.69. The number of amides is 1. The first-order valence-electron chi connectivity index (χ1n) is 9.05. The molecule has 2 aromatic heterocycles. The Balaban J connectivity index is 1.36. The number of hydrogen-bond acceptors (Lipinski definition) is 8. The summed E-state index contributed by atoms with van der Waals surface area (Å²) in [6.07, 6.45) is 0. The maximum absolute atomic E-state index is 12.6. The molecule has 1 aliphatic rings. The summed E-state index contributed by atoms with van der Waals surface area (Å²) < 4.78 is 2.13. The Morgan fingerprint density at radius 1 is 1.17 bits per heavy atom. The second-order valence-corrected chi connectivity index (χ2v) is 10.7. The molecular weight excluding hydrogens is 460 g/mol. The van der Waals surface area contributed by atoms with Gasteiger partial charge in [0.2, 0.25) is 5.13 Å². The molecule has 0 saturated carbocycles. The Kier molecular flexibility index (Phi) is 4.93. The van der Waals surface area contributed by atoms with Crippen LogP contribution in [0.25, 0.3) is 10.2 Å². The van der Waals surface area contributed by atoms with E-state index >= 15 is 0 Å². The monoisotopic (exact) mass is 474 g/mol. The van der Waals surface area contributed by atoms with E-state index in [-0.39, 0.29) is 11.7 Å². The number of rotatable bonds is 5. The van der Waals surface area contributed by atoms with Crippen LogP contribution in [0.2, 0.25) is 0 Å². The van der Waals surface area contributed by atoms with Gasteiger partial charge in [-0.05, 0) is 36.8 Å². The molecule has 1 fully saturated rings. The Morgan fingerprint density at radius 3 is 2.70 bits per heavy atom. The fourth-order valence-electron chi connectivity index (χ4n) is 3.43. The summed E-state index contributed by atoms with van der Waals surface area (Å²) >= 11 is 11.0. The number of carbonyl (C=O) groups is 1. The van der Waals surface area contributed by atoms with E-state index in [1.165, 1.54) is 11.3 Å². The first kappa shape index (κ1) is 19.7. The molecule has 0 bridgehead atoms. The summed E-state index contributed by atoms with van der Waals surface area (Å²) in [4.78, 5) is 18.8. The predicted molar refractivity (Wildman–Crippen MR) is 122 cm³/mol. The van der Waals surface area contributed by atoms with Crippen LogP contribution in [-0.4, -0.2) is 31.6 Å². The van der Waals surface area contributed by atoms with Crippen LogP contribution in [0.3, 0.4) is 0 Å². The second-order valence-electron chi connectivity index (χ2n) is 6.95. The highest BCUT2D eigenvalue weighted by Gasteiger charge is 2.59. The highest BCUT2D eigenvalue weighted by molar-refractivity contribution is 8.00. The van der Waals surface area contributed by atoms with Crippen LogP contribution < -0.4 is 4.90 Å². The van der Waals surface area contributed by atoms with Gasteiger partial charge in [-0.1, -0.05) is 47.4 Å². The van der Waals surface area contributed by atoms with Crippen LogP contribution in [-0.2, 0) is 16.1 Å². The van der Waals surface area contributed by atoms with Crippen molar-refractivity contribution in [3.05, 3.63) is 59.1 Å². The van der Waals surface area contributed by atoms with Crippen molar-refractivity contribution >= 4 is 67.3 Å². The summed E-state index contributed by atoms with van der Waals surface area (Å²) in [6.45, 7) is 1.90. The zero-order chi connectivity index (χ0) is 20.9. The van der Waals surface area contributed by atoms with Crippen LogP contribution >= 0.6 is 46.0 Å². The number of thioether (sulfide) groups is 1. The van der Waals surface area contributed by atoms with Gasteiger partial charge in [0, 0.05) is 0 Å². The first-order valence-corrected chi connectivity index (χ1v) is 12.1. The number of para-hydroxylation sites is 1. The maximum atomic E-state index is 12.6. The number of aromatic nitrogens is 3. The molecule has 3 heterocycles. The van der Waals surface area contributed by atoms with Crippen molar-refractivity contribution in [2.75, 3.05) is 4.90 Å². The number of carbonyl (C=O) groups excluding carboxylic acids is 1. The SMILES string of the molecule is CC1(c2ccc(O)cc2)C(Cl)C(=O)N1c1nnc(CSc2nc3ccccc3s2)s1. The molecule has 30 heavy (non-hydrogen) atoms. The van der Waals surface area contributed by atoms with Gasteiger partial charge in [-0.2, -0.15) is 0 Å². The summed E-state index contributed by atoms with van der Waals surface area (Å²) in [7, 11) is 0. The molecule has 4 aromatic rings. The standard InChI is InChI=1S/C20H15ClN4O2S3/c1-20(11-6-8-12(26)9-7-11)16(21)17(27)25(20)18-24-23-15(30-18)10-28-19-22-13-4-2-3-5-14(13)29-19/h2-9,16,26H,10H2,1H3. The van der Waals surface area contributed by atoms with E-state index in [4.69, 9.17) is 11.6 Å². The minimum atomic E-state index is -0.747. The number of benzene rings is 2. The molecule has 2 atom stereocenters. The first-order chi connectivity index (χ1) is 14.5. The molecular formula is C20H15ClN4O2S3. The van der Waals surface area contributed by atoms with Gasteiger partial charge in [-0.25, -0.2) is 4.98 Å². The third-order valence-corrected chi connectivity index (χ3v) is 8.98. The smallest absolute Gasteiger partial charge is 0.250 e. The molecule has 152 valence electrons. The fourth-order valence-corrected chi connectivity index (χ4v) is 6.75. The number of nitrogens with zero attached hydrogens (tertiary/aromatic N) is 4. The van der Waals surface area contributed by atoms with Crippen molar-refractivity contribution < 1.29 is 9.90 Å². The molecule has 1 amide bonds. The normalized spacial score (nSPS) is 21.2. The van der Waals surface area contributed by atoms with Gasteiger partial charge in [0.1, 0.15) is 16.1 Å². The summed E-state index contributed by atoms with van der Waals surface area (Å²) in [6, 6.07) is 14.8. The fraction of sp³-hybridized carbons (Fsp3) is 0.200. The van der Waals surface area contributed by atoms with Crippen molar-refractivity contribution in [2.45, 2.75) is 27.9 Å². The molecule has 6 nitrogen and oxygen atoms in total. The van der Waals surface area contributed by atoms with Crippen LogP contribution in [0.5, 0.6) is 5.75 Å². The second kappa shape index (κ2) is 7.49. The molecule has 2 aromatic carbocycles. The molecule has 1 N–H and O–H groups in total. The van der Waals surface area contributed by atoms with E-state index < -0.39 is 10.9 Å². The van der Waals surface area contributed by atoms with Crippen molar-refractivity contribution in [3.8, 4) is 5.75 Å². The number of thiazole rings is 1. The number of phenolic OH excluding ortho intramolecular Hbond substituents is 1. The number of halogens is 1. The Morgan fingerprint density at radius 2 is 1.93 bits per heavy atom. The average Bonchev–Trinajstić information content (AvgIpc) is 3.38. The maximum Gasteiger partial charge on any atom is 0.250 e. The molecule has 1 saturated heterocycles. The quantitative estimate of drug-likeness (QED) is 0.248. The summed E-state index contributed by atoms with van der Waals surface area (Å²) in [5.74, 6) is 0.587. The van der Waals surface area contributed by atoms with Gasteiger partial charge in [0.15, 0.2) is 4.34 Å². The predicted octanol–water partition coefficient (Wildman–Crippen LogP) is 5.02. The lowest BCUT2D eigenvalue weighted by molar-refractivity contribution is -0.126. The van der Waals surface area contributed by atoms with E-state index in [1.807, 2.05) is 25.1 Å². The number of aromatic hydroxyl groups is 1. The summed E-state index contributed by atoms with van der Waals surface area (Å²) in [5, 5.41) is 18.7. The van der Waals surface area contributed by atoms with E-state index in [0.717, 1.165) is 25.1 Å². The van der Waals surface area contributed by atoms with Crippen molar-refractivity contribution in [2.24, 2.45) is 0 Å². The van der Waals surface area contributed by atoms with Crippen LogP contribution in [0.4, 0.5) is 5.13 Å². The zero-order valence-electron chi connectivity index (χ0n) is 15.7. The third kappa shape index (κ3) is 3.17. The van der Waals surface area contributed by atoms with E-state index in [0.29, 0.717) is 10.9 Å². The molecule has 0 aliphatic carbocycles. The number of phenols is 1. The average molecular weight is 475 g/mol. The zero-order valence-corrected chi connectivity index (χ0v) is 18.9. The van der Waals surface area contributed by atoms with E-state index in [1.54, 1.807) is 52.3 Å². The van der Waals surface area contributed by atoms with Gasteiger partial charge in [0.05, 0.1) is 21.5 Å². The Labute approximate surface area is 189 Å². The lowest BCUT2D eigenvalue weighted by Gasteiger charge is -2.52.